The number of hydrogen-bond acceptors (Lipinski definition) is 3. The van der Waals surface area contributed by atoms with Crippen LogP contribution in [0.2, 0.25) is 5.02 Å². The van der Waals surface area contributed by atoms with Crippen LogP contribution in [-0.2, 0) is 4.79 Å². The third-order valence-corrected chi connectivity index (χ3v) is 4.29. The average molecular weight is 272 g/mol. The van der Waals surface area contributed by atoms with E-state index in [0.717, 1.165) is 16.9 Å². The van der Waals surface area contributed by atoms with Gasteiger partial charge in [-0.1, -0.05) is 17.7 Å². The molecule has 3 nitrogen and oxygen atoms in total. The standard InChI is InChI=1S/C12H14ClNO2S/c1-7-6-8(13)2-3-9(7)11-14-10(12(15)16)4-5-17-11/h2-3,6,10-11,14H,4-5H2,1H3,(H,15,16). The van der Waals surface area contributed by atoms with E-state index in [9.17, 15) is 4.79 Å². The molecule has 0 saturated carbocycles. The minimum Gasteiger partial charge on any atom is -0.480 e. The fraction of sp³-hybridized carbons (Fsp3) is 0.417. The normalized spacial score (nSPS) is 24.6. The number of aryl methyl sites for hydroxylation is 1. The molecule has 2 unspecified atom stereocenters. The summed E-state index contributed by atoms with van der Waals surface area (Å²) in [4.78, 5) is 11.0. The summed E-state index contributed by atoms with van der Waals surface area (Å²) >= 11 is 7.65. The summed E-state index contributed by atoms with van der Waals surface area (Å²) in [6, 6.07) is 5.27. The number of carbonyl (C=O) groups is 1. The Kier molecular flexibility index (Phi) is 3.97. The average Bonchev–Trinajstić information content (AvgIpc) is 2.29. The Morgan fingerprint density at radius 1 is 1.59 bits per heavy atom. The van der Waals surface area contributed by atoms with Crippen LogP contribution in [0.3, 0.4) is 0 Å². The van der Waals surface area contributed by atoms with Crippen molar-refractivity contribution in [1.29, 1.82) is 0 Å². The van der Waals surface area contributed by atoms with E-state index in [-0.39, 0.29) is 5.37 Å². The Labute approximate surface area is 110 Å². The van der Waals surface area contributed by atoms with Gasteiger partial charge in [-0.25, -0.2) is 0 Å². The topological polar surface area (TPSA) is 49.3 Å². The van der Waals surface area contributed by atoms with Crippen molar-refractivity contribution in [1.82, 2.24) is 5.32 Å². The summed E-state index contributed by atoms with van der Waals surface area (Å²) in [6.07, 6.45) is 0.670. The van der Waals surface area contributed by atoms with Crippen molar-refractivity contribution in [2.24, 2.45) is 0 Å². The Hall–Kier alpha value is -0.710. The van der Waals surface area contributed by atoms with Crippen LogP contribution >= 0.6 is 23.4 Å². The first-order chi connectivity index (χ1) is 8.08. The molecule has 2 rings (SSSR count). The molecule has 17 heavy (non-hydrogen) atoms. The summed E-state index contributed by atoms with van der Waals surface area (Å²) < 4.78 is 0. The predicted octanol–water partition coefficient (Wildman–Crippen LogP) is 2.83. The number of nitrogens with one attached hydrogen (secondary N) is 1. The van der Waals surface area contributed by atoms with Crippen LogP contribution < -0.4 is 5.32 Å². The largest absolute Gasteiger partial charge is 0.480 e. The number of halogens is 1. The molecule has 0 bridgehead atoms. The van der Waals surface area contributed by atoms with Gasteiger partial charge in [0.25, 0.3) is 0 Å². The lowest BCUT2D eigenvalue weighted by Gasteiger charge is -2.29. The highest BCUT2D eigenvalue weighted by Crippen LogP contribution is 2.34. The third kappa shape index (κ3) is 2.94. The first kappa shape index (κ1) is 12.7. The van der Waals surface area contributed by atoms with Crippen molar-refractivity contribution < 1.29 is 9.90 Å². The zero-order chi connectivity index (χ0) is 12.4. The van der Waals surface area contributed by atoms with Crippen LogP contribution in [0.15, 0.2) is 18.2 Å². The molecule has 0 aromatic heterocycles. The van der Waals surface area contributed by atoms with Gasteiger partial charge in [0.05, 0.1) is 5.37 Å². The van der Waals surface area contributed by atoms with Gasteiger partial charge in [-0.15, -0.1) is 11.8 Å². The van der Waals surface area contributed by atoms with E-state index in [2.05, 4.69) is 5.32 Å². The van der Waals surface area contributed by atoms with Gasteiger partial charge in [0.2, 0.25) is 0 Å². The van der Waals surface area contributed by atoms with Crippen molar-refractivity contribution in [2.75, 3.05) is 5.75 Å². The number of hydrogen-bond donors (Lipinski definition) is 2. The summed E-state index contributed by atoms with van der Waals surface area (Å²) in [5.74, 6) is 0.0818. The molecule has 1 aromatic carbocycles. The molecule has 92 valence electrons. The number of thioether (sulfide) groups is 1. The van der Waals surface area contributed by atoms with Crippen LogP contribution in [0, 0.1) is 6.92 Å². The number of carboxylic acids is 1. The summed E-state index contributed by atoms with van der Waals surface area (Å²) in [5, 5.41) is 12.9. The van der Waals surface area contributed by atoms with E-state index in [4.69, 9.17) is 16.7 Å². The maximum Gasteiger partial charge on any atom is 0.320 e. The molecule has 1 aliphatic heterocycles. The van der Waals surface area contributed by atoms with Crippen molar-refractivity contribution in [2.45, 2.75) is 24.8 Å². The third-order valence-electron chi connectivity index (χ3n) is 2.86. The lowest BCUT2D eigenvalue weighted by Crippen LogP contribution is -2.41. The fourth-order valence-electron chi connectivity index (χ4n) is 1.93. The zero-order valence-electron chi connectivity index (χ0n) is 9.44. The Morgan fingerprint density at radius 3 is 3.00 bits per heavy atom. The summed E-state index contributed by atoms with van der Waals surface area (Å²) in [6.45, 7) is 1.99. The first-order valence-electron chi connectivity index (χ1n) is 5.44. The molecule has 2 N–H and O–H groups in total. The van der Waals surface area contributed by atoms with Crippen LogP contribution in [-0.4, -0.2) is 22.9 Å². The predicted molar refractivity (Wildman–Crippen MR) is 70.6 cm³/mol. The highest BCUT2D eigenvalue weighted by Gasteiger charge is 2.27. The van der Waals surface area contributed by atoms with Crippen molar-refractivity contribution in [3.05, 3.63) is 34.3 Å². The van der Waals surface area contributed by atoms with Gasteiger partial charge in [-0.3, -0.25) is 10.1 Å². The monoisotopic (exact) mass is 271 g/mol. The Balaban J connectivity index is 2.19. The van der Waals surface area contributed by atoms with Gasteiger partial charge >= 0.3 is 5.97 Å². The van der Waals surface area contributed by atoms with Crippen LogP contribution in [0.4, 0.5) is 0 Å². The number of rotatable bonds is 2. The van der Waals surface area contributed by atoms with Gasteiger partial charge in [0, 0.05) is 5.02 Å². The van der Waals surface area contributed by atoms with Gasteiger partial charge in [0.15, 0.2) is 0 Å². The van der Waals surface area contributed by atoms with Crippen LogP contribution in [0.5, 0.6) is 0 Å². The van der Waals surface area contributed by atoms with Crippen molar-refractivity contribution in [3.63, 3.8) is 0 Å². The molecule has 1 aromatic rings. The van der Waals surface area contributed by atoms with Crippen LogP contribution in [0.1, 0.15) is 22.9 Å². The second-order valence-corrected chi connectivity index (χ2v) is 5.75. The maximum atomic E-state index is 11.0. The molecule has 1 aliphatic rings. The second-order valence-electron chi connectivity index (χ2n) is 4.10. The number of benzene rings is 1. The number of aliphatic carboxylic acids is 1. The molecular weight excluding hydrogens is 258 g/mol. The smallest absolute Gasteiger partial charge is 0.320 e. The van der Waals surface area contributed by atoms with Gasteiger partial charge in [0.1, 0.15) is 6.04 Å². The molecule has 5 heteroatoms. The minimum atomic E-state index is -0.776. The van der Waals surface area contributed by atoms with Crippen molar-refractivity contribution >= 4 is 29.3 Å². The van der Waals surface area contributed by atoms with E-state index in [1.54, 1.807) is 11.8 Å². The molecule has 0 aliphatic carbocycles. The summed E-state index contributed by atoms with van der Waals surface area (Å²) in [5.41, 5.74) is 2.21. The van der Waals surface area contributed by atoms with E-state index in [1.165, 1.54) is 0 Å². The molecular formula is C12H14ClNO2S. The molecule has 0 spiro atoms. The molecule has 1 heterocycles. The number of carboxylic acid groups (broad SMARTS) is 1. The molecule has 1 fully saturated rings. The highest BCUT2D eigenvalue weighted by atomic mass is 35.5. The van der Waals surface area contributed by atoms with Crippen LogP contribution in [0.25, 0.3) is 0 Å². The maximum absolute atomic E-state index is 11.0. The molecule has 0 amide bonds. The zero-order valence-corrected chi connectivity index (χ0v) is 11.0. The minimum absolute atomic E-state index is 0.0436. The second kappa shape index (κ2) is 5.29. The first-order valence-corrected chi connectivity index (χ1v) is 6.87. The molecule has 1 saturated heterocycles. The summed E-state index contributed by atoms with van der Waals surface area (Å²) in [7, 11) is 0. The quantitative estimate of drug-likeness (QED) is 0.868. The SMILES string of the molecule is Cc1cc(Cl)ccc1C1NC(C(=O)O)CCS1. The lowest BCUT2D eigenvalue weighted by atomic mass is 10.1. The highest BCUT2D eigenvalue weighted by molar-refractivity contribution is 7.99. The van der Waals surface area contributed by atoms with Gasteiger partial charge in [-0.2, -0.15) is 0 Å². The fourth-order valence-corrected chi connectivity index (χ4v) is 3.46. The van der Waals surface area contributed by atoms with Gasteiger partial charge in [-0.05, 0) is 42.4 Å². The van der Waals surface area contributed by atoms with Gasteiger partial charge < -0.3 is 5.11 Å². The Morgan fingerprint density at radius 2 is 2.35 bits per heavy atom. The van der Waals surface area contributed by atoms with E-state index in [0.29, 0.717) is 11.4 Å². The Bertz CT molecular complexity index is 439. The lowest BCUT2D eigenvalue weighted by molar-refractivity contribution is -0.139. The van der Waals surface area contributed by atoms with E-state index < -0.39 is 12.0 Å². The van der Waals surface area contributed by atoms with E-state index >= 15 is 0 Å². The van der Waals surface area contributed by atoms with Crippen molar-refractivity contribution in [3.8, 4) is 0 Å². The van der Waals surface area contributed by atoms with E-state index in [1.807, 2.05) is 25.1 Å². The molecule has 2 atom stereocenters. The molecule has 0 radical (unpaired) electrons.